The lowest BCUT2D eigenvalue weighted by molar-refractivity contribution is -0.00226. The molecular formula is C31H33N3O3. The minimum absolute atomic E-state index is 0.0375. The second kappa shape index (κ2) is 13.3. The molecule has 3 atom stereocenters. The Bertz CT molecular complexity index is 1220. The first-order chi connectivity index (χ1) is 18.1. The van der Waals surface area contributed by atoms with Gasteiger partial charge in [0, 0.05) is 31.4 Å². The van der Waals surface area contributed by atoms with Crippen molar-refractivity contribution in [1.82, 2.24) is 10.3 Å². The van der Waals surface area contributed by atoms with Gasteiger partial charge in [-0.2, -0.15) is 0 Å². The average molecular weight is 496 g/mol. The van der Waals surface area contributed by atoms with Gasteiger partial charge in [0.25, 0.3) is 0 Å². The molecule has 1 aromatic heterocycles. The number of amides is 1. The molecule has 190 valence electrons. The van der Waals surface area contributed by atoms with E-state index >= 15 is 0 Å². The molecule has 0 aliphatic heterocycles. The predicted molar refractivity (Wildman–Crippen MR) is 146 cm³/mol. The highest BCUT2D eigenvalue weighted by Crippen LogP contribution is 2.21. The molecule has 0 unspecified atom stereocenters. The fourth-order valence-electron chi connectivity index (χ4n) is 4.44. The Kier molecular flexibility index (Phi) is 9.41. The van der Waals surface area contributed by atoms with Crippen molar-refractivity contribution in [2.24, 2.45) is 5.73 Å². The number of nitrogens with zero attached hydrogens (tertiary/aromatic N) is 1. The Morgan fingerprint density at radius 2 is 1.46 bits per heavy atom. The SMILES string of the molecule is NC(=O)O[C@@H](Cc1ccc(-c2cccnc2)cc1)[C@@H](O)C[C@H](Cc1ccccc1)NCc1ccccc1. The summed E-state index contributed by atoms with van der Waals surface area (Å²) in [6.45, 7) is 0.669. The summed E-state index contributed by atoms with van der Waals surface area (Å²) in [5, 5.41) is 14.8. The largest absolute Gasteiger partial charge is 0.443 e. The van der Waals surface area contributed by atoms with Crippen molar-refractivity contribution in [2.75, 3.05) is 0 Å². The van der Waals surface area contributed by atoms with E-state index in [0.29, 0.717) is 19.4 Å². The zero-order valence-electron chi connectivity index (χ0n) is 20.7. The Morgan fingerprint density at radius 3 is 2.08 bits per heavy atom. The van der Waals surface area contributed by atoms with Gasteiger partial charge in [-0.25, -0.2) is 4.79 Å². The van der Waals surface area contributed by atoms with E-state index < -0.39 is 18.3 Å². The molecular weight excluding hydrogens is 462 g/mol. The van der Waals surface area contributed by atoms with Gasteiger partial charge < -0.3 is 20.9 Å². The van der Waals surface area contributed by atoms with Crippen molar-refractivity contribution in [3.05, 3.63) is 126 Å². The summed E-state index contributed by atoms with van der Waals surface area (Å²) < 4.78 is 5.40. The van der Waals surface area contributed by atoms with Crippen molar-refractivity contribution in [1.29, 1.82) is 0 Å². The molecule has 0 aliphatic carbocycles. The molecule has 3 aromatic carbocycles. The number of primary amides is 1. The number of nitrogens with two attached hydrogens (primary N) is 1. The molecule has 0 saturated carbocycles. The zero-order valence-corrected chi connectivity index (χ0v) is 20.7. The number of aromatic nitrogens is 1. The average Bonchev–Trinajstić information content (AvgIpc) is 2.93. The molecule has 37 heavy (non-hydrogen) atoms. The fraction of sp³-hybridized carbons (Fsp3) is 0.226. The van der Waals surface area contributed by atoms with Gasteiger partial charge in [0.2, 0.25) is 0 Å². The third-order valence-corrected chi connectivity index (χ3v) is 6.37. The Morgan fingerprint density at radius 1 is 0.811 bits per heavy atom. The summed E-state index contributed by atoms with van der Waals surface area (Å²) in [5.74, 6) is 0. The van der Waals surface area contributed by atoms with Crippen molar-refractivity contribution in [3.63, 3.8) is 0 Å². The van der Waals surface area contributed by atoms with Crippen LogP contribution in [0.15, 0.2) is 109 Å². The van der Waals surface area contributed by atoms with E-state index in [1.54, 1.807) is 6.20 Å². The van der Waals surface area contributed by atoms with E-state index in [1.807, 2.05) is 79.0 Å². The number of rotatable bonds is 12. The quantitative estimate of drug-likeness (QED) is 0.260. The maximum atomic E-state index is 11.7. The van der Waals surface area contributed by atoms with Crippen LogP contribution in [0.1, 0.15) is 23.1 Å². The van der Waals surface area contributed by atoms with Gasteiger partial charge in [-0.1, -0.05) is 91.0 Å². The van der Waals surface area contributed by atoms with E-state index in [9.17, 15) is 9.90 Å². The van der Waals surface area contributed by atoms with E-state index in [0.717, 1.165) is 28.7 Å². The Balaban J connectivity index is 1.45. The summed E-state index contributed by atoms with van der Waals surface area (Å²) in [6, 6.07) is 32.1. The van der Waals surface area contributed by atoms with Gasteiger partial charge in [-0.05, 0) is 46.7 Å². The van der Waals surface area contributed by atoms with Crippen LogP contribution < -0.4 is 11.1 Å². The lowest BCUT2D eigenvalue weighted by atomic mass is 9.94. The maximum Gasteiger partial charge on any atom is 0.404 e. The van der Waals surface area contributed by atoms with Crippen molar-refractivity contribution >= 4 is 6.09 Å². The molecule has 4 N–H and O–H groups in total. The zero-order chi connectivity index (χ0) is 25.9. The minimum atomic E-state index is -0.900. The molecule has 0 aliphatic rings. The molecule has 0 bridgehead atoms. The number of nitrogens with one attached hydrogen (secondary N) is 1. The number of pyridine rings is 1. The third kappa shape index (κ3) is 8.27. The molecule has 0 spiro atoms. The van der Waals surface area contributed by atoms with E-state index in [1.165, 1.54) is 5.56 Å². The highest BCUT2D eigenvalue weighted by atomic mass is 16.6. The van der Waals surface area contributed by atoms with Crippen LogP contribution in [0.4, 0.5) is 4.79 Å². The first kappa shape index (κ1) is 26.1. The second-order valence-electron chi connectivity index (χ2n) is 9.17. The molecule has 6 heteroatoms. The number of carbonyl (C=O) groups excluding carboxylic acids is 1. The normalized spacial score (nSPS) is 13.4. The minimum Gasteiger partial charge on any atom is -0.443 e. The lowest BCUT2D eigenvalue weighted by Crippen LogP contribution is -2.41. The Hall–Kier alpha value is -4.00. The Labute approximate surface area is 218 Å². The molecule has 1 amide bonds. The summed E-state index contributed by atoms with van der Waals surface area (Å²) >= 11 is 0. The van der Waals surface area contributed by atoms with Crippen LogP contribution >= 0.6 is 0 Å². The highest BCUT2D eigenvalue weighted by molar-refractivity contribution is 5.65. The van der Waals surface area contributed by atoms with Crippen molar-refractivity contribution < 1.29 is 14.6 Å². The van der Waals surface area contributed by atoms with Gasteiger partial charge >= 0.3 is 6.09 Å². The second-order valence-corrected chi connectivity index (χ2v) is 9.17. The number of ether oxygens (including phenoxy) is 1. The molecule has 0 radical (unpaired) electrons. The molecule has 1 heterocycles. The lowest BCUT2D eigenvalue weighted by Gasteiger charge is -2.27. The van der Waals surface area contributed by atoms with Gasteiger partial charge in [-0.3, -0.25) is 4.98 Å². The number of hydrogen-bond acceptors (Lipinski definition) is 5. The predicted octanol–water partition coefficient (Wildman–Crippen LogP) is 4.91. The van der Waals surface area contributed by atoms with E-state index in [2.05, 4.69) is 34.6 Å². The summed E-state index contributed by atoms with van der Waals surface area (Å²) in [6.07, 6.45) is 2.47. The summed E-state index contributed by atoms with van der Waals surface area (Å²) in [5.41, 5.74) is 10.7. The van der Waals surface area contributed by atoms with Crippen LogP contribution in [0, 0.1) is 0 Å². The number of benzene rings is 3. The van der Waals surface area contributed by atoms with Gasteiger partial charge in [-0.15, -0.1) is 0 Å². The van der Waals surface area contributed by atoms with E-state index in [-0.39, 0.29) is 6.04 Å². The van der Waals surface area contributed by atoms with Crippen LogP contribution in [0.25, 0.3) is 11.1 Å². The van der Waals surface area contributed by atoms with Gasteiger partial charge in [0.15, 0.2) is 0 Å². The highest BCUT2D eigenvalue weighted by Gasteiger charge is 2.26. The maximum absolute atomic E-state index is 11.7. The number of aliphatic hydroxyl groups is 1. The topological polar surface area (TPSA) is 97.5 Å². The fourth-order valence-corrected chi connectivity index (χ4v) is 4.44. The van der Waals surface area contributed by atoms with Gasteiger partial charge in [0.05, 0.1) is 6.10 Å². The van der Waals surface area contributed by atoms with Crippen LogP contribution in [0.5, 0.6) is 0 Å². The number of hydrogen-bond donors (Lipinski definition) is 3. The first-order valence-electron chi connectivity index (χ1n) is 12.5. The van der Waals surface area contributed by atoms with Crippen LogP contribution in [-0.2, 0) is 24.1 Å². The van der Waals surface area contributed by atoms with Crippen LogP contribution in [0.3, 0.4) is 0 Å². The smallest absolute Gasteiger partial charge is 0.404 e. The van der Waals surface area contributed by atoms with Crippen molar-refractivity contribution in [2.45, 2.75) is 44.1 Å². The summed E-state index contributed by atoms with van der Waals surface area (Å²) in [7, 11) is 0. The monoisotopic (exact) mass is 495 g/mol. The van der Waals surface area contributed by atoms with Gasteiger partial charge in [0.1, 0.15) is 6.10 Å². The first-order valence-corrected chi connectivity index (χ1v) is 12.5. The van der Waals surface area contributed by atoms with Crippen molar-refractivity contribution in [3.8, 4) is 11.1 Å². The third-order valence-electron chi connectivity index (χ3n) is 6.37. The van der Waals surface area contributed by atoms with Crippen LogP contribution in [-0.4, -0.2) is 34.4 Å². The van der Waals surface area contributed by atoms with Crippen LogP contribution in [0.2, 0.25) is 0 Å². The molecule has 4 rings (SSSR count). The molecule has 0 saturated heterocycles. The van der Waals surface area contributed by atoms with E-state index in [4.69, 9.17) is 10.5 Å². The summed E-state index contributed by atoms with van der Waals surface area (Å²) in [4.78, 5) is 15.9. The number of carbonyl (C=O) groups is 1. The number of aliphatic hydroxyl groups excluding tert-OH is 1. The molecule has 4 aromatic rings. The standard InChI is InChI=1S/C31H33N3O3/c32-31(36)37-30(19-24-13-15-26(16-14-24)27-12-7-17-33-22-27)29(35)20-28(18-23-8-3-1-4-9-23)34-21-25-10-5-2-6-11-25/h1-17,22,28-30,34-35H,18-21H2,(H2,32,36)/t28-,29-,30-/m0/s1. The molecule has 0 fully saturated rings. The molecule has 6 nitrogen and oxygen atoms in total.